The molecule has 0 saturated carbocycles. The van der Waals surface area contributed by atoms with Gasteiger partial charge < -0.3 is 19.8 Å². The molecule has 5 heteroatoms. The molecule has 4 rings (SSSR count). The highest BCUT2D eigenvalue weighted by atomic mass is 35.5. The zero-order valence-corrected chi connectivity index (χ0v) is 15.4. The number of halogens is 1. The first-order valence-corrected chi connectivity index (χ1v) is 9.54. The number of hydrogen-bond acceptors (Lipinski definition) is 4. The van der Waals surface area contributed by atoms with E-state index in [0.717, 1.165) is 42.8 Å². The van der Waals surface area contributed by atoms with E-state index in [2.05, 4.69) is 4.90 Å². The number of fused-ring (bicyclic) bond motifs is 1. The molecule has 2 atom stereocenters. The van der Waals surface area contributed by atoms with Gasteiger partial charge in [-0.2, -0.15) is 0 Å². The summed E-state index contributed by atoms with van der Waals surface area (Å²) < 4.78 is 6.32. The zero-order valence-electron chi connectivity index (χ0n) is 14.6. The lowest BCUT2D eigenvalue weighted by Crippen LogP contribution is -2.51. The summed E-state index contributed by atoms with van der Waals surface area (Å²) in [4.78, 5) is 2.27. The SMILES string of the molecule is O[C@H](CN1CCC2(CC1)C[C@H](O)c1cc(Cl)ccc1O2)c1ccccc1. The maximum atomic E-state index is 10.6. The summed E-state index contributed by atoms with van der Waals surface area (Å²) in [6.45, 7) is 2.31. The van der Waals surface area contributed by atoms with E-state index < -0.39 is 12.2 Å². The monoisotopic (exact) mass is 373 g/mol. The highest BCUT2D eigenvalue weighted by molar-refractivity contribution is 6.30. The lowest BCUT2D eigenvalue weighted by Gasteiger charge is -2.46. The predicted molar refractivity (Wildman–Crippen MR) is 101 cm³/mol. The Kier molecular flexibility index (Phi) is 4.93. The molecule has 2 aliphatic heterocycles. The van der Waals surface area contributed by atoms with Crippen molar-refractivity contribution in [1.29, 1.82) is 0 Å². The molecule has 1 spiro atoms. The minimum absolute atomic E-state index is 0.325. The number of ether oxygens (including phenoxy) is 1. The Morgan fingerprint density at radius 2 is 1.88 bits per heavy atom. The summed E-state index contributed by atoms with van der Waals surface area (Å²) in [6.07, 6.45) is 1.25. The normalized spacial score (nSPS) is 23.3. The second kappa shape index (κ2) is 7.20. The molecule has 0 aromatic heterocycles. The van der Waals surface area contributed by atoms with Gasteiger partial charge >= 0.3 is 0 Å². The summed E-state index contributed by atoms with van der Waals surface area (Å²) in [6, 6.07) is 15.2. The maximum Gasteiger partial charge on any atom is 0.126 e. The zero-order chi connectivity index (χ0) is 18.1. The molecule has 2 aliphatic rings. The Bertz CT molecular complexity index is 759. The number of aliphatic hydroxyl groups is 2. The van der Waals surface area contributed by atoms with E-state index in [4.69, 9.17) is 16.3 Å². The minimum atomic E-state index is -0.543. The van der Waals surface area contributed by atoms with Crippen LogP contribution in [0, 0.1) is 0 Å². The molecule has 2 heterocycles. The molecule has 2 aromatic carbocycles. The van der Waals surface area contributed by atoms with Gasteiger partial charge in [0.25, 0.3) is 0 Å². The van der Waals surface area contributed by atoms with E-state index in [-0.39, 0.29) is 5.60 Å². The largest absolute Gasteiger partial charge is 0.487 e. The molecule has 1 saturated heterocycles. The minimum Gasteiger partial charge on any atom is -0.487 e. The second-order valence-corrected chi connectivity index (χ2v) is 7.85. The van der Waals surface area contributed by atoms with Gasteiger partial charge in [-0.3, -0.25) is 0 Å². The van der Waals surface area contributed by atoms with E-state index in [1.165, 1.54) is 0 Å². The lowest BCUT2D eigenvalue weighted by atomic mass is 9.81. The number of nitrogens with zero attached hydrogens (tertiary/aromatic N) is 1. The van der Waals surface area contributed by atoms with Crippen molar-refractivity contribution in [3.63, 3.8) is 0 Å². The first kappa shape index (κ1) is 17.8. The topological polar surface area (TPSA) is 52.9 Å². The molecule has 2 aromatic rings. The molecule has 2 N–H and O–H groups in total. The Labute approximate surface area is 159 Å². The molecule has 26 heavy (non-hydrogen) atoms. The van der Waals surface area contributed by atoms with Gasteiger partial charge in [-0.1, -0.05) is 41.9 Å². The third-order valence-corrected chi connectivity index (χ3v) is 5.84. The van der Waals surface area contributed by atoms with E-state index in [1.54, 1.807) is 12.1 Å². The van der Waals surface area contributed by atoms with Crippen LogP contribution in [0.4, 0.5) is 0 Å². The standard InChI is InChI=1S/C21H24ClNO3/c22-16-6-7-20-17(12-16)18(24)13-21(26-20)8-10-23(11-9-21)14-19(25)15-4-2-1-3-5-15/h1-7,12,18-19,24-25H,8-11,13-14H2/t18-,19+/m0/s1. The smallest absolute Gasteiger partial charge is 0.126 e. The Hall–Kier alpha value is -1.59. The summed E-state index contributed by atoms with van der Waals surface area (Å²) in [5, 5.41) is 21.6. The van der Waals surface area contributed by atoms with Crippen molar-refractivity contribution in [1.82, 2.24) is 4.90 Å². The van der Waals surface area contributed by atoms with E-state index in [0.29, 0.717) is 18.0 Å². The number of β-amino-alcohol motifs (C(OH)–C–C–N with tert-alkyl or cyclic N) is 1. The van der Waals surface area contributed by atoms with Crippen molar-refractivity contribution in [3.05, 3.63) is 64.7 Å². The average Bonchev–Trinajstić information content (AvgIpc) is 2.65. The number of rotatable bonds is 3. The van der Waals surface area contributed by atoms with Crippen LogP contribution in [0.25, 0.3) is 0 Å². The summed E-state index contributed by atoms with van der Waals surface area (Å²) in [5.74, 6) is 0.742. The molecular weight excluding hydrogens is 350 g/mol. The van der Waals surface area contributed by atoms with Gasteiger partial charge in [0.15, 0.2) is 0 Å². The van der Waals surface area contributed by atoms with E-state index >= 15 is 0 Å². The highest BCUT2D eigenvalue weighted by Gasteiger charge is 2.43. The van der Waals surface area contributed by atoms with Crippen LogP contribution < -0.4 is 4.74 Å². The third-order valence-electron chi connectivity index (χ3n) is 5.61. The maximum absolute atomic E-state index is 10.6. The fourth-order valence-electron chi connectivity index (χ4n) is 4.08. The number of likely N-dealkylation sites (tertiary alicyclic amines) is 1. The summed E-state index contributed by atoms with van der Waals surface area (Å²) >= 11 is 6.04. The molecule has 0 unspecified atom stereocenters. The van der Waals surface area contributed by atoms with Gasteiger partial charge in [0.05, 0.1) is 12.2 Å². The lowest BCUT2D eigenvalue weighted by molar-refractivity contribution is -0.0587. The van der Waals surface area contributed by atoms with E-state index in [1.807, 2.05) is 36.4 Å². The fraction of sp³-hybridized carbons (Fsp3) is 0.429. The van der Waals surface area contributed by atoms with Gasteiger partial charge in [-0.05, 0) is 36.6 Å². The Balaban J connectivity index is 1.40. The van der Waals surface area contributed by atoms with Crippen LogP contribution in [0.5, 0.6) is 5.75 Å². The number of benzene rings is 2. The van der Waals surface area contributed by atoms with Crippen molar-refractivity contribution in [2.75, 3.05) is 19.6 Å². The average molecular weight is 374 g/mol. The van der Waals surface area contributed by atoms with Crippen molar-refractivity contribution in [3.8, 4) is 5.75 Å². The Morgan fingerprint density at radius 1 is 1.15 bits per heavy atom. The van der Waals surface area contributed by atoms with Gasteiger partial charge in [0.1, 0.15) is 11.4 Å². The number of aliphatic hydroxyl groups excluding tert-OH is 2. The van der Waals surface area contributed by atoms with Crippen LogP contribution >= 0.6 is 11.6 Å². The molecule has 0 amide bonds. The number of piperidine rings is 1. The molecule has 4 nitrogen and oxygen atoms in total. The molecule has 138 valence electrons. The van der Waals surface area contributed by atoms with Crippen LogP contribution in [0.3, 0.4) is 0 Å². The van der Waals surface area contributed by atoms with Crippen molar-refractivity contribution in [2.45, 2.75) is 37.1 Å². The second-order valence-electron chi connectivity index (χ2n) is 7.41. The van der Waals surface area contributed by atoms with Gasteiger partial charge in [0.2, 0.25) is 0 Å². The van der Waals surface area contributed by atoms with Gasteiger partial charge in [0, 0.05) is 36.6 Å². The van der Waals surface area contributed by atoms with Crippen molar-refractivity contribution in [2.24, 2.45) is 0 Å². The summed E-state index contributed by atoms with van der Waals surface area (Å²) in [7, 11) is 0. The van der Waals surface area contributed by atoms with E-state index in [9.17, 15) is 10.2 Å². The quantitative estimate of drug-likeness (QED) is 0.860. The molecular formula is C21H24ClNO3. The Morgan fingerprint density at radius 3 is 2.62 bits per heavy atom. The molecule has 1 fully saturated rings. The molecule has 0 bridgehead atoms. The third kappa shape index (κ3) is 3.60. The number of hydrogen-bond donors (Lipinski definition) is 2. The van der Waals surface area contributed by atoms with Gasteiger partial charge in [-0.25, -0.2) is 0 Å². The van der Waals surface area contributed by atoms with Gasteiger partial charge in [-0.15, -0.1) is 0 Å². The first-order chi connectivity index (χ1) is 12.5. The molecule has 0 radical (unpaired) electrons. The van der Waals surface area contributed by atoms with Crippen LogP contribution in [0.15, 0.2) is 48.5 Å². The van der Waals surface area contributed by atoms with Crippen LogP contribution in [-0.4, -0.2) is 40.3 Å². The molecule has 0 aliphatic carbocycles. The van der Waals surface area contributed by atoms with Crippen LogP contribution in [0.2, 0.25) is 5.02 Å². The van der Waals surface area contributed by atoms with Crippen LogP contribution in [-0.2, 0) is 0 Å². The van der Waals surface area contributed by atoms with Crippen molar-refractivity contribution >= 4 is 11.6 Å². The highest BCUT2D eigenvalue weighted by Crippen LogP contribution is 2.45. The summed E-state index contributed by atoms with van der Waals surface area (Å²) in [5.41, 5.74) is 1.40. The fourth-order valence-corrected chi connectivity index (χ4v) is 4.26. The van der Waals surface area contributed by atoms with Crippen LogP contribution in [0.1, 0.15) is 42.6 Å². The first-order valence-electron chi connectivity index (χ1n) is 9.17. The predicted octanol–water partition coefficient (Wildman–Crippen LogP) is 3.72. The van der Waals surface area contributed by atoms with Crippen molar-refractivity contribution < 1.29 is 14.9 Å².